The van der Waals surface area contributed by atoms with Gasteiger partial charge in [-0.3, -0.25) is 4.79 Å². The summed E-state index contributed by atoms with van der Waals surface area (Å²) in [5.41, 5.74) is 0. The molecule has 1 aromatic rings. The van der Waals surface area contributed by atoms with Crippen molar-refractivity contribution in [2.45, 2.75) is 51.0 Å². The van der Waals surface area contributed by atoms with E-state index in [-0.39, 0.29) is 24.2 Å². The van der Waals surface area contributed by atoms with Gasteiger partial charge in [-0.15, -0.1) is 0 Å². The number of Topliss-reactive ketones (excluding diaryl/α,β-unsaturated/α-hetero) is 1. The van der Waals surface area contributed by atoms with Gasteiger partial charge in [0, 0.05) is 13.0 Å². The molecule has 0 bridgehead atoms. The van der Waals surface area contributed by atoms with E-state index in [2.05, 4.69) is 10.1 Å². The van der Waals surface area contributed by atoms with Gasteiger partial charge in [-0.1, -0.05) is 18.0 Å². The maximum absolute atomic E-state index is 12.1. The van der Waals surface area contributed by atoms with Crippen LogP contribution in [0.25, 0.3) is 0 Å². The summed E-state index contributed by atoms with van der Waals surface area (Å²) >= 11 is 0. The lowest BCUT2D eigenvalue weighted by Gasteiger charge is -2.08. The van der Waals surface area contributed by atoms with Gasteiger partial charge in [0.25, 0.3) is 0 Å². The van der Waals surface area contributed by atoms with E-state index in [1.54, 1.807) is 7.11 Å². The zero-order valence-corrected chi connectivity index (χ0v) is 11.3. The molecule has 5 nitrogen and oxygen atoms in total. The SMILES string of the molecule is COC(c1noc(CC(=O)C2CCCC2)n1)C1CC1. The summed E-state index contributed by atoms with van der Waals surface area (Å²) in [7, 11) is 1.67. The highest BCUT2D eigenvalue weighted by Gasteiger charge is 2.36. The van der Waals surface area contributed by atoms with Crippen molar-refractivity contribution in [3.05, 3.63) is 11.7 Å². The summed E-state index contributed by atoms with van der Waals surface area (Å²) in [6.07, 6.45) is 6.88. The molecule has 5 heteroatoms. The van der Waals surface area contributed by atoms with Gasteiger partial charge in [0.2, 0.25) is 11.7 Å². The van der Waals surface area contributed by atoms with Crippen LogP contribution in [-0.4, -0.2) is 23.0 Å². The molecular weight excluding hydrogens is 244 g/mol. The minimum atomic E-state index is -0.0703. The quantitative estimate of drug-likeness (QED) is 0.789. The van der Waals surface area contributed by atoms with Crippen LogP contribution in [0.1, 0.15) is 56.3 Å². The van der Waals surface area contributed by atoms with Gasteiger partial charge in [-0.2, -0.15) is 4.98 Å². The summed E-state index contributed by atoms with van der Waals surface area (Å²) in [4.78, 5) is 16.4. The van der Waals surface area contributed by atoms with Crippen molar-refractivity contribution in [2.75, 3.05) is 7.11 Å². The Morgan fingerprint density at radius 3 is 2.74 bits per heavy atom. The van der Waals surface area contributed by atoms with Crippen LogP contribution >= 0.6 is 0 Å². The number of ether oxygens (including phenoxy) is 1. The largest absolute Gasteiger partial charge is 0.373 e. The number of nitrogens with zero attached hydrogens (tertiary/aromatic N) is 2. The van der Waals surface area contributed by atoms with Crippen LogP contribution in [0.3, 0.4) is 0 Å². The number of ketones is 1. The fraction of sp³-hybridized carbons (Fsp3) is 0.786. The van der Waals surface area contributed by atoms with Crippen molar-refractivity contribution in [3.63, 3.8) is 0 Å². The Hall–Kier alpha value is -1.23. The van der Waals surface area contributed by atoms with E-state index in [0.29, 0.717) is 17.6 Å². The van der Waals surface area contributed by atoms with E-state index in [4.69, 9.17) is 9.26 Å². The monoisotopic (exact) mass is 264 g/mol. The molecular formula is C14H20N2O3. The highest BCUT2D eigenvalue weighted by atomic mass is 16.5. The molecule has 0 aromatic carbocycles. The number of rotatable bonds is 6. The van der Waals surface area contributed by atoms with Crippen molar-refractivity contribution >= 4 is 5.78 Å². The molecule has 19 heavy (non-hydrogen) atoms. The van der Waals surface area contributed by atoms with Crippen molar-refractivity contribution in [2.24, 2.45) is 11.8 Å². The second-order valence-electron chi connectivity index (χ2n) is 5.66. The van der Waals surface area contributed by atoms with Crippen LogP contribution < -0.4 is 0 Å². The van der Waals surface area contributed by atoms with E-state index >= 15 is 0 Å². The zero-order valence-electron chi connectivity index (χ0n) is 11.3. The summed E-state index contributed by atoms with van der Waals surface area (Å²) in [6.45, 7) is 0. The van der Waals surface area contributed by atoms with Crippen LogP contribution in [-0.2, 0) is 16.0 Å². The van der Waals surface area contributed by atoms with Crippen LogP contribution in [0.2, 0.25) is 0 Å². The molecule has 0 aliphatic heterocycles. The topological polar surface area (TPSA) is 65.2 Å². The third kappa shape index (κ3) is 2.86. The molecule has 0 radical (unpaired) electrons. The third-order valence-electron chi connectivity index (χ3n) is 4.18. The second-order valence-corrected chi connectivity index (χ2v) is 5.66. The van der Waals surface area contributed by atoms with E-state index in [1.165, 1.54) is 12.8 Å². The molecule has 2 saturated carbocycles. The highest BCUT2D eigenvalue weighted by Crippen LogP contribution is 2.41. The fourth-order valence-electron chi connectivity index (χ4n) is 2.90. The second kappa shape index (κ2) is 5.41. The highest BCUT2D eigenvalue weighted by molar-refractivity contribution is 5.82. The van der Waals surface area contributed by atoms with Crippen molar-refractivity contribution in [1.82, 2.24) is 10.1 Å². The molecule has 3 rings (SSSR count). The Balaban J connectivity index is 1.62. The van der Waals surface area contributed by atoms with Gasteiger partial charge in [-0.05, 0) is 31.6 Å². The van der Waals surface area contributed by atoms with Gasteiger partial charge in [-0.25, -0.2) is 0 Å². The molecule has 0 spiro atoms. The smallest absolute Gasteiger partial charge is 0.234 e. The molecule has 0 saturated heterocycles. The van der Waals surface area contributed by atoms with Crippen molar-refractivity contribution in [1.29, 1.82) is 0 Å². The lowest BCUT2D eigenvalue weighted by molar-refractivity contribution is -0.122. The molecule has 1 aromatic heterocycles. The van der Waals surface area contributed by atoms with Gasteiger partial charge in [0.15, 0.2) is 0 Å². The van der Waals surface area contributed by atoms with E-state index < -0.39 is 0 Å². The van der Waals surface area contributed by atoms with Crippen LogP contribution in [0.15, 0.2) is 4.52 Å². The predicted molar refractivity (Wildman–Crippen MR) is 67.4 cm³/mol. The first kappa shape index (κ1) is 12.8. The lowest BCUT2D eigenvalue weighted by atomic mass is 10.0. The number of hydrogen-bond acceptors (Lipinski definition) is 5. The lowest BCUT2D eigenvalue weighted by Crippen LogP contribution is -2.14. The molecule has 1 unspecified atom stereocenters. The first-order valence-electron chi connectivity index (χ1n) is 7.16. The Bertz CT molecular complexity index is 447. The number of aromatic nitrogens is 2. The molecule has 2 aliphatic carbocycles. The summed E-state index contributed by atoms with van der Waals surface area (Å²) < 4.78 is 10.6. The molecule has 104 valence electrons. The van der Waals surface area contributed by atoms with Gasteiger partial charge in [0.05, 0.1) is 6.42 Å². The van der Waals surface area contributed by atoms with Gasteiger partial charge >= 0.3 is 0 Å². The van der Waals surface area contributed by atoms with E-state index in [9.17, 15) is 4.79 Å². The average Bonchev–Trinajstić information content (AvgIpc) is 2.93. The summed E-state index contributed by atoms with van der Waals surface area (Å²) in [5.74, 6) is 2.00. The van der Waals surface area contributed by atoms with Crippen molar-refractivity contribution < 1.29 is 14.1 Å². The molecule has 1 heterocycles. The minimum absolute atomic E-state index is 0.0703. The molecule has 2 aliphatic rings. The van der Waals surface area contributed by atoms with Crippen LogP contribution in [0.4, 0.5) is 0 Å². The van der Waals surface area contributed by atoms with Crippen LogP contribution in [0, 0.1) is 11.8 Å². The Kier molecular flexibility index (Phi) is 3.64. The summed E-state index contributed by atoms with van der Waals surface area (Å²) in [6, 6.07) is 0. The van der Waals surface area contributed by atoms with Gasteiger partial charge < -0.3 is 9.26 Å². The number of carbonyl (C=O) groups is 1. The first-order chi connectivity index (χ1) is 9.28. The minimum Gasteiger partial charge on any atom is -0.373 e. The molecule has 0 N–H and O–H groups in total. The molecule has 1 atom stereocenters. The maximum Gasteiger partial charge on any atom is 0.234 e. The number of methoxy groups -OCH3 is 1. The van der Waals surface area contributed by atoms with Gasteiger partial charge in [0.1, 0.15) is 11.9 Å². The standard InChI is InChI=1S/C14H20N2O3/c1-18-13(10-6-7-10)14-15-12(19-16-14)8-11(17)9-4-2-3-5-9/h9-10,13H,2-8H2,1H3. The Labute approximate surface area is 112 Å². The average molecular weight is 264 g/mol. The third-order valence-corrected chi connectivity index (χ3v) is 4.18. The zero-order chi connectivity index (χ0) is 13.2. The number of carbonyl (C=O) groups excluding carboxylic acids is 1. The summed E-state index contributed by atoms with van der Waals surface area (Å²) in [5, 5.41) is 3.96. The van der Waals surface area contributed by atoms with Crippen molar-refractivity contribution in [3.8, 4) is 0 Å². The predicted octanol–water partition coefficient (Wildman–Crippen LogP) is 2.47. The van der Waals surface area contributed by atoms with Crippen LogP contribution in [0.5, 0.6) is 0 Å². The van der Waals surface area contributed by atoms with E-state index in [1.807, 2.05) is 0 Å². The molecule has 2 fully saturated rings. The number of hydrogen-bond donors (Lipinski definition) is 0. The Morgan fingerprint density at radius 1 is 1.37 bits per heavy atom. The maximum atomic E-state index is 12.1. The first-order valence-corrected chi connectivity index (χ1v) is 7.16. The fourth-order valence-corrected chi connectivity index (χ4v) is 2.90. The van der Waals surface area contributed by atoms with E-state index in [0.717, 1.165) is 25.7 Å². The normalized spacial score (nSPS) is 21.7. The Morgan fingerprint density at radius 2 is 2.11 bits per heavy atom. The molecule has 0 amide bonds.